The second-order valence-electron chi connectivity index (χ2n) is 3.57. The van der Waals surface area contributed by atoms with Gasteiger partial charge in [0.2, 0.25) is 0 Å². The molecule has 94 valence electrons. The molecule has 0 saturated heterocycles. The first-order chi connectivity index (χ1) is 8.15. The number of benzene rings is 1. The number of amidine groups is 1. The largest absolute Gasteiger partial charge is 0.409 e. The van der Waals surface area contributed by atoms with Gasteiger partial charge in [-0.3, -0.25) is 0 Å². The number of nitrogens with one attached hydrogen (secondary N) is 1. The van der Waals surface area contributed by atoms with Crippen LogP contribution in [0.5, 0.6) is 0 Å². The Labute approximate surface area is 98.1 Å². The van der Waals surface area contributed by atoms with E-state index < -0.39 is 11.6 Å². The average Bonchev–Trinajstić information content (AvgIpc) is 2.31. The molecule has 0 amide bonds. The van der Waals surface area contributed by atoms with E-state index in [4.69, 9.17) is 10.9 Å². The lowest BCUT2D eigenvalue weighted by Crippen LogP contribution is -2.12. The highest BCUT2D eigenvalue weighted by atomic mass is 19.1. The number of hydrogen-bond donors (Lipinski definition) is 3. The van der Waals surface area contributed by atoms with Crippen LogP contribution in [0.15, 0.2) is 23.4 Å². The Bertz CT molecular complexity index is 376. The molecular formula is C11H15F2N3O. The van der Waals surface area contributed by atoms with Crippen molar-refractivity contribution in [1.29, 1.82) is 0 Å². The zero-order chi connectivity index (χ0) is 12.7. The predicted octanol–water partition coefficient (Wildman–Crippen LogP) is 2.29. The summed E-state index contributed by atoms with van der Waals surface area (Å²) in [6.07, 6.45) is 1.81. The van der Waals surface area contributed by atoms with Crippen molar-refractivity contribution < 1.29 is 14.0 Å². The van der Waals surface area contributed by atoms with Crippen LogP contribution in [0.2, 0.25) is 0 Å². The second kappa shape index (κ2) is 6.67. The van der Waals surface area contributed by atoms with Crippen LogP contribution in [0.25, 0.3) is 0 Å². The van der Waals surface area contributed by atoms with Crippen molar-refractivity contribution in [3.8, 4) is 0 Å². The Morgan fingerprint density at radius 1 is 1.29 bits per heavy atom. The van der Waals surface area contributed by atoms with Gasteiger partial charge in [-0.05, 0) is 25.0 Å². The molecule has 1 rings (SSSR count). The van der Waals surface area contributed by atoms with Gasteiger partial charge in [0.15, 0.2) is 0 Å². The lowest BCUT2D eigenvalue weighted by atomic mass is 10.2. The standard InChI is InChI=1S/C11H15F2N3O/c12-8-4-3-5-9(13)11(8)15-7-2-1-6-10(14)16-17/h3-5,15,17H,1-2,6-7H2,(H2,14,16). The summed E-state index contributed by atoms with van der Waals surface area (Å²) >= 11 is 0. The average molecular weight is 243 g/mol. The number of unbranched alkanes of at least 4 members (excludes halogenated alkanes) is 1. The lowest BCUT2D eigenvalue weighted by Gasteiger charge is -2.08. The Kier molecular flexibility index (Phi) is 5.19. The third kappa shape index (κ3) is 4.26. The molecule has 6 heteroatoms. The second-order valence-corrected chi connectivity index (χ2v) is 3.57. The zero-order valence-electron chi connectivity index (χ0n) is 9.29. The SMILES string of the molecule is NC(CCCCNc1c(F)cccc1F)=NO. The minimum Gasteiger partial charge on any atom is -0.409 e. The van der Waals surface area contributed by atoms with Gasteiger partial charge in [0.05, 0.1) is 0 Å². The predicted molar refractivity (Wildman–Crippen MR) is 62.1 cm³/mol. The van der Waals surface area contributed by atoms with E-state index in [1.165, 1.54) is 18.2 Å². The molecular weight excluding hydrogens is 228 g/mol. The fourth-order valence-corrected chi connectivity index (χ4v) is 1.36. The summed E-state index contributed by atoms with van der Waals surface area (Å²) in [5.41, 5.74) is 5.16. The van der Waals surface area contributed by atoms with Crippen molar-refractivity contribution in [2.45, 2.75) is 19.3 Å². The van der Waals surface area contributed by atoms with Gasteiger partial charge in [-0.25, -0.2) is 8.78 Å². The van der Waals surface area contributed by atoms with Crippen LogP contribution < -0.4 is 11.1 Å². The molecule has 0 saturated carbocycles. The van der Waals surface area contributed by atoms with Crippen molar-refractivity contribution in [3.63, 3.8) is 0 Å². The van der Waals surface area contributed by atoms with Gasteiger partial charge in [-0.2, -0.15) is 0 Å². The van der Waals surface area contributed by atoms with E-state index in [0.29, 0.717) is 25.8 Å². The van der Waals surface area contributed by atoms with Crippen LogP contribution in [-0.2, 0) is 0 Å². The van der Waals surface area contributed by atoms with Crippen LogP contribution in [-0.4, -0.2) is 17.6 Å². The van der Waals surface area contributed by atoms with Crippen molar-refractivity contribution in [2.24, 2.45) is 10.9 Å². The highest BCUT2D eigenvalue weighted by Crippen LogP contribution is 2.17. The summed E-state index contributed by atoms with van der Waals surface area (Å²) in [5.74, 6) is -1.06. The minimum absolute atomic E-state index is 0.115. The number of nitrogens with zero attached hydrogens (tertiary/aromatic N) is 1. The van der Waals surface area contributed by atoms with E-state index in [9.17, 15) is 8.78 Å². The molecule has 4 nitrogen and oxygen atoms in total. The Balaban J connectivity index is 2.32. The number of nitrogens with two attached hydrogens (primary N) is 1. The van der Waals surface area contributed by atoms with Gasteiger partial charge >= 0.3 is 0 Å². The molecule has 0 aromatic heterocycles. The quantitative estimate of drug-likeness (QED) is 0.236. The molecule has 1 aromatic carbocycles. The highest BCUT2D eigenvalue weighted by Gasteiger charge is 2.06. The smallest absolute Gasteiger partial charge is 0.149 e. The number of halogens is 2. The fraction of sp³-hybridized carbons (Fsp3) is 0.364. The molecule has 0 bridgehead atoms. The van der Waals surface area contributed by atoms with Gasteiger partial charge in [0, 0.05) is 13.0 Å². The molecule has 0 spiro atoms. The first-order valence-corrected chi connectivity index (χ1v) is 5.29. The lowest BCUT2D eigenvalue weighted by molar-refractivity contribution is 0.316. The first-order valence-electron chi connectivity index (χ1n) is 5.29. The molecule has 4 N–H and O–H groups in total. The summed E-state index contributed by atoms with van der Waals surface area (Å²) in [6, 6.07) is 3.71. The molecule has 0 radical (unpaired) electrons. The summed E-state index contributed by atoms with van der Waals surface area (Å²) < 4.78 is 26.3. The summed E-state index contributed by atoms with van der Waals surface area (Å²) in [4.78, 5) is 0. The van der Waals surface area contributed by atoms with Gasteiger partial charge < -0.3 is 16.3 Å². The monoisotopic (exact) mass is 243 g/mol. The van der Waals surface area contributed by atoms with Gasteiger partial charge in [0.1, 0.15) is 23.2 Å². The number of oxime groups is 1. The summed E-state index contributed by atoms with van der Waals surface area (Å²) in [6.45, 7) is 0.427. The van der Waals surface area contributed by atoms with Crippen molar-refractivity contribution in [1.82, 2.24) is 0 Å². The van der Waals surface area contributed by atoms with Crippen LogP contribution in [0.1, 0.15) is 19.3 Å². The Morgan fingerprint density at radius 3 is 2.53 bits per heavy atom. The maximum atomic E-state index is 13.2. The number of hydrogen-bond acceptors (Lipinski definition) is 3. The molecule has 1 aromatic rings. The number of anilines is 1. The minimum atomic E-state index is -0.610. The van der Waals surface area contributed by atoms with Crippen LogP contribution >= 0.6 is 0 Å². The normalized spacial score (nSPS) is 11.5. The van der Waals surface area contributed by atoms with E-state index in [2.05, 4.69) is 10.5 Å². The molecule has 0 unspecified atom stereocenters. The van der Waals surface area contributed by atoms with Crippen molar-refractivity contribution >= 4 is 11.5 Å². The molecule has 0 heterocycles. The number of rotatable bonds is 6. The molecule has 0 aliphatic rings. The first kappa shape index (κ1) is 13.2. The maximum Gasteiger partial charge on any atom is 0.149 e. The van der Waals surface area contributed by atoms with Gasteiger partial charge in [-0.15, -0.1) is 0 Å². The van der Waals surface area contributed by atoms with Crippen molar-refractivity contribution in [3.05, 3.63) is 29.8 Å². The zero-order valence-corrected chi connectivity index (χ0v) is 9.29. The fourth-order valence-electron chi connectivity index (χ4n) is 1.36. The Hall–Kier alpha value is -1.85. The molecule has 17 heavy (non-hydrogen) atoms. The topological polar surface area (TPSA) is 70.6 Å². The molecule has 0 fully saturated rings. The van der Waals surface area contributed by atoms with Gasteiger partial charge in [-0.1, -0.05) is 11.2 Å². The molecule has 0 atom stereocenters. The van der Waals surface area contributed by atoms with Crippen LogP contribution in [0, 0.1) is 11.6 Å². The maximum absolute atomic E-state index is 13.2. The van der Waals surface area contributed by atoms with E-state index in [1.807, 2.05) is 0 Å². The molecule has 0 aliphatic carbocycles. The van der Waals surface area contributed by atoms with E-state index in [0.717, 1.165) is 0 Å². The van der Waals surface area contributed by atoms with Crippen LogP contribution in [0.4, 0.5) is 14.5 Å². The van der Waals surface area contributed by atoms with E-state index in [1.54, 1.807) is 0 Å². The van der Waals surface area contributed by atoms with E-state index in [-0.39, 0.29) is 11.5 Å². The third-order valence-corrected chi connectivity index (χ3v) is 2.25. The third-order valence-electron chi connectivity index (χ3n) is 2.25. The molecule has 0 aliphatic heterocycles. The van der Waals surface area contributed by atoms with Crippen LogP contribution in [0.3, 0.4) is 0 Å². The number of para-hydroxylation sites is 1. The Morgan fingerprint density at radius 2 is 1.94 bits per heavy atom. The highest BCUT2D eigenvalue weighted by molar-refractivity contribution is 5.79. The van der Waals surface area contributed by atoms with Gasteiger partial charge in [0.25, 0.3) is 0 Å². The van der Waals surface area contributed by atoms with Crippen molar-refractivity contribution in [2.75, 3.05) is 11.9 Å². The summed E-state index contributed by atoms with van der Waals surface area (Å²) in [7, 11) is 0. The van der Waals surface area contributed by atoms with E-state index >= 15 is 0 Å². The summed E-state index contributed by atoms with van der Waals surface area (Å²) in [5, 5.41) is 13.8.